The van der Waals surface area contributed by atoms with Crippen molar-refractivity contribution in [2.45, 2.75) is 83.3 Å². The van der Waals surface area contributed by atoms with Crippen LogP contribution in [0.25, 0.3) is 11.0 Å². The summed E-state index contributed by atoms with van der Waals surface area (Å²) in [5, 5.41) is 22.7. The second-order valence-corrected chi connectivity index (χ2v) is 19.7. The van der Waals surface area contributed by atoms with Crippen LogP contribution in [0.15, 0.2) is 79.1 Å². The number of benzene rings is 2. The predicted octanol–water partition coefficient (Wildman–Crippen LogP) is 6.86. The van der Waals surface area contributed by atoms with E-state index in [2.05, 4.69) is 91.8 Å². The largest absolute Gasteiger partial charge is 0.496 e. The third-order valence-corrected chi connectivity index (χ3v) is 15.8. The average Bonchev–Trinajstić information content (AvgIpc) is 3.62. The Morgan fingerprint density at radius 2 is 1.63 bits per heavy atom. The normalized spacial score (nSPS) is 14.3. The van der Waals surface area contributed by atoms with E-state index in [1.807, 2.05) is 22.9 Å². The third kappa shape index (κ3) is 9.20. The summed E-state index contributed by atoms with van der Waals surface area (Å²) in [5.41, 5.74) is 2.87. The molecule has 0 saturated carbocycles. The SMILES string of the molecule is CCC[C@@H](CCO[Si](c1ccccc1)(c1ccccc1)C(C)(C)C)Nc1nc(NC(=O)OC)nc2cnn(Cc3cnc(C4CCN(C(=O)O)CC4)cc3OC)c12. The maximum absolute atomic E-state index is 12.3. The number of carbonyl (C=O) groups is 2. The lowest BCUT2D eigenvalue weighted by Gasteiger charge is -2.43. The summed E-state index contributed by atoms with van der Waals surface area (Å²) in [5.74, 6) is 1.40. The molecule has 3 N–H and O–H groups in total. The van der Waals surface area contributed by atoms with Gasteiger partial charge < -0.3 is 29.2 Å². The zero-order valence-corrected chi connectivity index (χ0v) is 34.7. The summed E-state index contributed by atoms with van der Waals surface area (Å²) in [4.78, 5) is 39.4. The molecule has 2 aromatic carbocycles. The van der Waals surface area contributed by atoms with E-state index in [9.17, 15) is 14.7 Å². The number of carbonyl (C=O) groups excluding carboxylic acids is 1. The van der Waals surface area contributed by atoms with Crippen molar-refractivity contribution >= 4 is 53.7 Å². The van der Waals surface area contributed by atoms with E-state index >= 15 is 0 Å². The molecule has 0 spiro atoms. The second kappa shape index (κ2) is 18.2. The van der Waals surface area contributed by atoms with Gasteiger partial charge in [-0.3, -0.25) is 15.0 Å². The topological polar surface area (TPSA) is 166 Å². The molecule has 302 valence electrons. The summed E-state index contributed by atoms with van der Waals surface area (Å²) in [6.07, 6.45) is 5.73. The Morgan fingerprint density at radius 1 is 0.965 bits per heavy atom. The van der Waals surface area contributed by atoms with Crippen molar-refractivity contribution in [3.63, 3.8) is 0 Å². The van der Waals surface area contributed by atoms with Gasteiger partial charge in [0, 0.05) is 55.2 Å². The number of pyridine rings is 1. The zero-order chi connectivity index (χ0) is 40.6. The Hall–Kier alpha value is -5.54. The van der Waals surface area contributed by atoms with Crippen LogP contribution in [0.3, 0.4) is 0 Å². The minimum absolute atomic E-state index is 0.0383. The number of nitrogens with zero attached hydrogens (tertiary/aromatic N) is 6. The van der Waals surface area contributed by atoms with E-state index in [0.717, 1.165) is 24.1 Å². The molecular weight excluding hydrogens is 741 g/mol. The van der Waals surface area contributed by atoms with Gasteiger partial charge in [-0.2, -0.15) is 10.1 Å². The first-order valence-electron chi connectivity index (χ1n) is 19.6. The Balaban J connectivity index is 1.29. The standard InChI is InChI=1S/C42H54N8O6Si/c1-7-14-31(21-24-56-57(42(2,3)4,32-15-10-8-11-16-32)33-17-12-9-13-18-33)45-38-37-35(46-39(47-38)48-40(51)55-6)27-44-50(37)28-30-26-43-34(25-36(30)54-5)29-19-22-49(23-20-29)41(52)53/h8-13,15-18,25-27,29,31H,7,14,19-24,28H2,1-6H3,(H,52,53)(H2,45,46,47,48,51)/t31-/m0/s1. The van der Waals surface area contributed by atoms with E-state index in [1.54, 1.807) is 19.5 Å². The second-order valence-electron chi connectivity index (χ2n) is 15.4. The highest BCUT2D eigenvalue weighted by molar-refractivity contribution is 6.99. The fraction of sp³-hybridized carbons (Fsp3) is 0.429. The van der Waals surface area contributed by atoms with Crippen molar-refractivity contribution in [1.82, 2.24) is 29.6 Å². The predicted molar refractivity (Wildman–Crippen MR) is 223 cm³/mol. The molecule has 1 atom stereocenters. The number of likely N-dealkylation sites (tertiary alicyclic amines) is 1. The summed E-state index contributed by atoms with van der Waals surface area (Å²) in [6.45, 7) is 10.7. The fourth-order valence-corrected chi connectivity index (χ4v) is 12.5. The number of aromatic nitrogens is 5. The van der Waals surface area contributed by atoms with Crippen LogP contribution in [-0.4, -0.2) is 95.2 Å². The minimum Gasteiger partial charge on any atom is -0.496 e. The summed E-state index contributed by atoms with van der Waals surface area (Å²) < 4.78 is 19.8. The number of carboxylic acid groups (broad SMARTS) is 1. The van der Waals surface area contributed by atoms with Crippen LogP contribution in [0.5, 0.6) is 5.75 Å². The van der Waals surface area contributed by atoms with Crippen LogP contribution in [0.1, 0.15) is 77.0 Å². The van der Waals surface area contributed by atoms with Gasteiger partial charge >= 0.3 is 12.2 Å². The van der Waals surface area contributed by atoms with Gasteiger partial charge in [-0.15, -0.1) is 0 Å². The number of anilines is 2. The first kappa shape index (κ1) is 41.1. The maximum atomic E-state index is 12.3. The van der Waals surface area contributed by atoms with Crippen LogP contribution in [0, 0.1) is 0 Å². The van der Waals surface area contributed by atoms with Gasteiger partial charge in [0.2, 0.25) is 5.95 Å². The first-order valence-corrected chi connectivity index (χ1v) is 21.5. The molecule has 0 unspecified atom stereocenters. The number of ether oxygens (including phenoxy) is 2. The van der Waals surface area contributed by atoms with E-state index in [-0.39, 0.29) is 22.9 Å². The summed E-state index contributed by atoms with van der Waals surface area (Å²) in [7, 11) is 0.166. The van der Waals surface area contributed by atoms with Gasteiger partial charge in [0.15, 0.2) is 5.82 Å². The Bertz CT molecular complexity index is 2080. The summed E-state index contributed by atoms with van der Waals surface area (Å²) >= 11 is 0. The number of fused-ring (bicyclic) bond motifs is 1. The number of hydrogen-bond acceptors (Lipinski definition) is 10. The van der Waals surface area contributed by atoms with Gasteiger partial charge in [-0.05, 0) is 41.1 Å². The monoisotopic (exact) mass is 794 g/mol. The van der Waals surface area contributed by atoms with Gasteiger partial charge in [0.1, 0.15) is 16.8 Å². The molecule has 2 amide bonds. The molecule has 6 rings (SSSR count). The lowest BCUT2D eigenvalue weighted by molar-refractivity contribution is 0.131. The number of nitrogens with one attached hydrogen (secondary N) is 2. The number of rotatable bonds is 15. The molecule has 0 bridgehead atoms. The Labute approximate surface area is 335 Å². The molecular formula is C42H54N8O6Si. The van der Waals surface area contributed by atoms with E-state index < -0.39 is 20.5 Å². The quantitative estimate of drug-likeness (QED) is 0.0948. The molecule has 15 heteroatoms. The lowest BCUT2D eigenvalue weighted by Crippen LogP contribution is -2.66. The molecule has 1 saturated heterocycles. The molecule has 1 fully saturated rings. The molecule has 0 radical (unpaired) electrons. The molecule has 0 aliphatic carbocycles. The molecule has 1 aliphatic heterocycles. The smallest absolute Gasteiger partial charge is 0.413 e. The average molecular weight is 795 g/mol. The van der Waals surface area contributed by atoms with Crippen LogP contribution < -0.4 is 25.7 Å². The van der Waals surface area contributed by atoms with Crippen molar-refractivity contribution in [3.05, 3.63) is 90.4 Å². The first-order chi connectivity index (χ1) is 27.5. The molecule has 4 heterocycles. The van der Waals surface area contributed by atoms with Crippen LogP contribution in [0.2, 0.25) is 5.04 Å². The molecule has 3 aromatic heterocycles. The maximum Gasteiger partial charge on any atom is 0.413 e. The van der Waals surface area contributed by atoms with Gasteiger partial charge in [-0.1, -0.05) is 94.8 Å². The Morgan fingerprint density at radius 3 is 2.21 bits per heavy atom. The van der Waals surface area contributed by atoms with Gasteiger partial charge in [0.25, 0.3) is 8.32 Å². The van der Waals surface area contributed by atoms with Crippen LogP contribution in [-0.2, 0) is 15.7 Å². The number of methoxy groups -OCH3 is 2. The van der Waals surface area contributed by atoms with E-state index in [4.69, 9.17) is 29.0 Å². The third-order valence-electron chi connectivity index (χ3n) is 10.8. The van der Waals surface area contributed by atoms with E-state index in [1.165, 1.54) is 22.4 Å². The molecule has 1 aliphatic rings. The van der Waals surface area contributed by atoms with Crippen molar-refractivity contribution in [2.24, 2.45) is 0 Å². The fourth-order valence-electron chi connectivity index (χ4n) is 7.90. The number of hydrogen-bond donors (Lipinski definition) is 3. The molecule has 57 heavy (non-hydrogen) atoms. The van der Waals surface area contributed by atoms with Crippen molar-refractivity contribution in [2.75, 3.05) is 44.5 Å². The minimum atomic E-state index is -2.75. The zero-order valence-electron chi connectivity index (χ0n) is 33.7. The summed E-state index contributed by atoms with van der Waals surface area (Å²) in [6, 6.07) is 23.2. The Kier molecular flexibility index (Phi) is 13.1. The van der Waals surface area contributed by atoms with Crippen LogP contribution in [0.4, 0.5) is 21.4 Å². The highest BCUT2D eigenvalue weighted by Gasteiger charge is 2.50. The lowest BCUT2D eigenvalue weighted by atomic mass is 9.93. The molecule has 14 nitrogen and oxygen atoms in total. The van der Waals surface area contributed by atoms with Gasteiger partial charge in [0.05, 0.1) is 27.0 Å². The van der Waals surface area contributed by atoms with Gasteiger partial charge in [-0.25, -0.2) is 14.6 Å². The highest BCUT2D eigenvalue weighted by atomic mass is 28.4. The molecule has 5 aromatic rings. The van der Waals surface area contributed by atoms with Crippen molar-refractivity contribution < 1.29 is 28.6 Å². The van der Waals surface area contributed by atoms with E-state index in [0.29, 0.717) is 68.1 Å². The highest BCUT2D eigenvalue weighted by Crippen LogP contribution is 2.37. The van der Waals surface area contributed by atoms with Crippen molar-refractivity contribution in [1.29, 1.82) is 0 Å². The van der Waals surface area contributed by atoms with Crippen molar-refractivity contribution in [3.8, 4) is 5.75 Å². The number of piperidine rings is 1. The van der Waals surface area contributed by atoms with Crippen LogP contribution >= 0.6 is 0 Å². The number of amides is 2.